The van der Waals surface area contributed by atoms with Crippen LogP contribution >= 0.6 is 17.0 Å². The molecule has 5 rings (SSSR count). The standard InChI is InChI=1S/C25H29N5O6.BrH/c1-14-27-24(15-4-5-20-21(8-15)36-13-35-20)29-30(14)7-6-25(2,3)26-11-19(32)17-9-16(31)10-18-23(17)34-12-22(33)28-18;/h4-5,8-10,19,26,31-32H,6-7,11-13H2,1-3H3,(H,28,33);1H. The van der Waals surface area contributed by atoms with Gasteiger partial charge in [-0.05, 0) is 51.5 Å². The Morgan fingerprint density at radius 3 is 2.78 bits per heavy atom. The maximum Gasteiger partial charge on any atom is 0.262 e. The van der Waals surface area contributed by atoms with Gasteiger partial charge in [0.05, 0.1) is 11.8 Å². The van der Waals surface area contributed by atoms with Gasteiger partial charge in [0.25, 0.3) is 5.91 Å². The highest BCUT2D eigenvalue weighted by Gasteiger charge is 2.26. The molecule has 0 bridgehead atoms. The van der Waals surface area contributed by atoms with Crippen LogP contribution < -0.4 is 24.8 Å². The van der Waals surface area contributed by atoms with Crippen LogP contribution in [-0.2, 0) is 11.3 Å². The number of ether oxygens (including phenoxy) is 3. The number of nitrogens with zero attached hydrogens (tertiary/aromatic N) is 3. The van der Waals surface area contributed by atoms with Crippen LogP contribution in [0.3, 0.4) is 0 Å². The van der Waals surface area contributed by atoms with Crippen LogP contribution in [0.4, 0.5) is 5.69 Å². The minimum Gasteiger partial charge on any atom is -0.508 e. The summed E-state index contributed by atoms with van der Waals surface area (Å²) < 4.78 is 18.2. The predicted molar refractivity (Wildman–Crippen MR) is 141 cm³/mol. The van der Waals surface area contributed by atoms with Crippen molar-refractivity contribution in [2.75, 3.05) is 25.3 Å². The van der Waals surface area contributed by atoms with Crippen molar-refractivity contribution in [3.05, 3.63) is 41.7 Å². The highest BCUT2D eigenvalue weighted by Crippen LogP contribution is 2.39. The molecule has 11 nitrogen and oxygen atoms in total. The molecular weight excluding hydrogens is 546 g/mol. The number of aliphatic hydroxyl groups is 1. The van der Waals surface area contributed by atoms with Crippen LogP contribution in [0.5, 0.6) is 23.0 Å². The molecule has 12 heteroatoms. The number of aromatic hydroxyl groups is 1. The largest absolute Gasteiger partial charge is 0.508 e. The van der Waals surface area contributed by atoms with Gasteiger partial charge in [0.15, 0.2) is 23.9 Å². The third kappa shape index (κ3) is 5.81. The number of anilines is 1. The number of aryl methyl sites for hydroxylation is 2. The number of hydrogen-bond acceptors (Lipinski definition) is 9. The summed E-state index contributed by atoms with van der Waals surface area (Å²) in [5, 5.41) is 31.6. The van der Waals surface area contributed by atoms with Crippen LogP contribution in [0, 0.1) is 6.92 Å². The zero-order chi connectivity index (χ0) is 25.4. The van der Waals surface area contributed by atoms with Crippen molar-refractivity contribution < 1.29 is 29.2 Å². The van der Waals surface area contributed by atoms with Gasteiger partial charge < -0.3 is 35.1 Å². The number of benzene rings is 2. The van der Waals surface area contributed by atoms with E-state index in [-0.39, 0.29) is 54.1 Å². The number of fused-ring (bicyclic) bond motifs is 2. The van der Waals surface area contributed by atoms with Gasteiger partial charge in [-0.2, -0.15) is 5.10 Å². The number of aromatic nitrogens is 3. The molecule has 0 aliphatic carbocycles. The van der Waals surface area contributed by atoms with Crippen LogP contribution in [0.1, 0.15) is 37.8 Å². The highest BCUT2D eigenvalue weighted by atomic mass is 79.9. The number of rotatable bonds is 8. The van der Waals surface area contributed by atoms with Crippen molar-refractivity contribution in [1.82, 2.24) is 20.1 Å². The fraction of sp³-hybridized carbons (Fsp3) is 0.400. The lowest BCUT2D eigenvalue weighted by molar-refractivity contribution is -0.118. The number of aliphatic hydroxyl groups excluding tert-OH is 1. The Labute approximate surface area is 224 Å². The van der Waals surface area contributed by atoms with E-state index in [4.69, 9.17) is 14.2 Å². The van der Waals surface area contributed by atoms with Gasteiger partial charge in [0, 0.05) is 35.8 Å². The van der Waals surface area contributed by atoms with Crippen molar-refractivity contribution in [1.29, 1.82) is 0 Å². The molecule has 0 saturated heterocycles. The van der Waals surface area contributed by atoms with E-state index in [0.29, 0.717) is 40.9 Å². The molecule has 1 unspecified atom stereocenters. The molecule has 198 valence electrons. The lowest BCUT2D eigenvalue weighted by atomic mass is 9.99. The van der Waals surface area contributed by atoms with Crippen LogP contribution in [0.15, 0.2) is 30.3 Å². The number of phenols is 1. The van der Waals surface area contributed by atoms with Gasteiger partial charge in [0.1, 0.15) is 17.3 Å². The molecule has 0 spiro atoms. The van der Waals surface area contributed by atoms with Crippen molar-refractivity contribution >= 4 is 28.6 Å². The first-order valence-corrected chi connectivity index (χ1v) is 11.7. The number of phenolic OH excluding ortho intramolecular Hbond substituents is 1. The molecule has 0 radical (unpaired) electrons. The van der Waals surface area contributed by atoms with Gasteiger partial charge in [-0.1, -0.05) is 0 Å². The molecule has 3 aromatic rings. The maximum absolute atomic E-state index is 11.6. The van der Waals surface area contributed by atoms with Crippen LogP contribution in [-0.4, -0.2) is 56.4 Å². The summed E-state index contributed by atoms with van der Waals surface area (Å²) >= 11 is 0. The van der Waals surface area contributed by atoms with Gasteiger partial charge in [-0.3, -0.25) is 4.79 Å². The van der Waals surface area contributed by atoms with E-state index in [1.807, 2.05) is 43.7 Å². The van der Waals surface area contributed by atoms with Crippen molar-refractivity contribution in [2.24, 2.45) is 0 Å². The van der Waals surface area contributed by atoms with Gasteiger partial charge >= 0.3 is 0 Å². The van der Waals surface area contributed by atoms with E-state index in [2.05, 4.69) is 20.7 Å². The normalized spacial score (nSPS) is 14.9. The van der Waals surface area contributed by atoms with Crippen molar-refractivity contribution in [2.45, 2.75) is 45.4 Å². The minimum absolute atomic E-state index is 0. The summed E-state index contributed by atoms with van der Waals surface area (Å²) in [5.74, 6) is 2.81. The molecule has 2 aliphatic rings. The summed E-state index contributed by atoms with van der Waals surface area (Å²) in [7, 11) is 0. The number of carbonyl (C=O) groups excluding carboxylic acids is 1. The summed E-state index contributed by atoms with van der Waals surface area (Å²) in [6, 6.07) is 8.50. The average molecular weight is 576 g/mol. The fourth-order valence-electron chi connectivity index (χ4n) is 4.21. The lowest BCUT2D eigenvalue weighted by Crippen LogP contribution is -2.42. The third-order valence-electron chi connectivity index (χ3n) is 6.29. The van der Waals surface area contributed by atoms with Gasteiger partial charge in [0.2, 0.25) is 6.79 Å². The van der Waals surface area contributed by atoms with E-state index in [9.17, 15) is 15.0 Å². The van der Waals surface area contributed by atoms with E-state index >= 15 is 0 Å². The Balaban J connectivity index is 0.00000320. The second-order valence-corrected chi connectivity index (χ2v) is 9.55. The molecule has 1 atom stereocenters. The smallest absolute Gasteiger partial charge is 0.262 e. The van der Waals surface area contributed by atoms with Gasteiger partial charge in [-0.25, -0.2) is 9.67 Å². The molecule has 37 heavy (non-hydrogen) atoms. The molecule has 2 aliphatic heterocycles. The number of halogens is 1. The van der Waals surface area contributed by atoms with Crippen molar-refractivity contribution in [3.63, 3.8) is 0 Å². The lowest BCUT2D eigenvalue weighted by Gasteiger charge is -2.29. The summed E-state index contributed by atoms with van der Waals surface area (Å²) in [5.41, 5.74) is 1.27. The summed E-state index contributed by atoms with van der Waals surface area (Å²) in [4.78, 5) is 16.2. The minimum atomic E-state index is -0.953. The zero-order valence-electron chi connectivity index (χ0n) is 20.8. The Morgan fingerprint density at radius 1 is 1.19 bits per heavy atom. The number of amides is 1. The molecule has 1 amide bonds. The van der Waals surface area contributed by atoms with Crippen molar-refractivity contribution in [3.8, 4) is 34.4 Å². The second-order valence-electron chi connectivity index (χ2n) is 9.55. The predicted octanol–water partition coefficient (Wildman–Crippen LogP) is 3.09. The number of carbonyl (C=O) groups is 1. The molecule has 1 aromatic heterocycles. The number of hydrogen-bond donors (Lipinski definition) is 4. The average Bonchev–Trinajstić information content (AvgIpc) is 3.46. The first-order chi connectivity index (χ1) is 17.2. The topological polar surface area (TPSA) is 140 Å². The monoisotopic (exact) mass is 575 g/mol. The van der Waals surface area contributed by atoms with E-state index in [1.54, 1.807) is 0 Å². The molecule has 0 saturated carbocycles. The Bertz CT molecular complexity index is 1310. The number of β-amino-alcohol motifs (C(OH)–C–C–N with tert-alkyl or cyclic N) is 1. The Morgan fingerprint density at radius 2 is 1.97 bits per heavy atom. The van der Waals surface area contributed by atoms with E-state index in [0.717, 1.165) is 17.8 Å². The second kappa shape index (κ2) is 10.6. The highest BCUT2D eigenvalue weighted by molar-refractivity contribution is 8.93. The SMILES string of the molecule is Br.Cc1nc(-c2ccc3c(c2)OCO3)nn1CCC(C)(C)NCC(O)c1cc(O)cc2c1OCC(=O)N2. The summed E-state index contributed by atoms with van der Waals surface area (Å²) in [6.45, 7) is 6.92. The fourth-order valence-corrected chi connectivity index (χ4v) is 4.21. The van der Waals surface area contributed by atoms with Crippen LogP contribution in [0.25, 0.3) is 11.4 Å². The van der Waals surface area contributed by atoms with E-state index in [1.165, 1.54) is 12.1 Å². The number of nitrogens with one attached hydrogen (secondary N) is 2. The molecule has 0 fully saturated rings. The zero-order valence-corrected chi connectivity index (χ0v) is 22.5. The summed E-state index contributed by atoms with van der Waals surface area (Å²) in [6.07, 6.45) is -0.235. The quantitative estimate of drug-likeness (QED) is 0.319. The molecular formula is C25H30BrN5O6. The first-order valence-electron chi connectivity index (χ1n) is 11.7. The molecule has 4 N–H and O–H groups in total. The Hall–Kier alpha value is -3.35. The van der Waals surface area contributed by atoms with Crippen LogP contribution in [0.2, 0.25) is 0 Å². The van der Waals surface area contributed by atoms with E-state index < -0.39 is 6.10 Å². The third-order valence-corrected chi connectivity index (χ3v) is 6.29. The van der Waals surface area contributed by atoms with Gasteiger partial charge in [-0.15, -0.1) is 17.0 Å². The molecule has 2 aromatic carbocycles. The molecule has 3 heterocycles. The maximum atomic E-state index is 11.6. The first kappa shape index (κ1) is 26.7. The Kier molecular flexibility index (Phi) is 7.62.